The number of aryl methyl sites for hydroxylation is 1. The third kappa shape index (κ3) is 1.35. The maximum atomic E-state index is 11.5. The third-order valence-corrected chi connectivity index (χ3v) is 2.79. The van der Waals surface area contributed by atoms with Gasteiger partial charge in [0.1, 0.15) is 0 Å². The molecule has 0 bridgehead atoms. The molecular formula is C10H12N2O3. The second-order valence-electron chi connectivity index (χ2n) is 3.76. The van der Waals surface area contributed by atoms with Crippen molar-refractivity contribution in [2.24, 2.45) is 0 Å². The van der Waals surface area contributed by atoms with Crippen molar-refractivity contribution in [3.05, 3.63) is 17.5 Å². The van der Waals surface area contributed by atoms with Gasteiger partial charge in [-0.1, -0.05) is 0 Å². The third-order valence-electron chi connectivity index (χ3n) is 2.79. The van der Waals surface area contributed by atoms with Gasteiger partial charge in [0.15, 0.2) is 11.8 Å². The Bertz CT molecular complexity index is 418. The number of rotatable bonds is 3. The lowest BCUT2D eigenvalue weighted by molar-refractivity contribution is -0.146. The van der Waals surface area contributed by atoms with Gasteiger partial charge >= 0.3 is 5.97 Å². The van der Waals surface area contributed by atoms with Crippen LogP contribution in [0.1, 0.15) is 28.9 Å². The van der Waals surface area contributed by atoms with Gasteiger partial charge in [0.05, 0.1) is 18.4 Å². The van der Waals surface area contributed by atoms with E-state index >= 15 is 0 Å². The first-order valence-corrected chi connectivity index (χ1v) is 4.74. The molecule has 0 atom stereocenters. The Kier molecular flexibility index (Phi) is 2.10. The Morgan fingerprint density at radius 3 is 2.73 bits per heavy atom. The van der Waals surface area contributed by atoms with Gasteiger partial charge in [0.25, 0.3) is 0 Å². The van der Waals surface area contributed by atoms with Crippen molar-refractivity contribution in [3.8, 4) is 0 Å². The van der Waals surface area contributed by atoms with E-state index in [0.29, 0.717) is 11.3 Å². The zero-order valence-electron chi connectivity index (χ0n) is 8.69. The molecule has 0 saturated heterocycles. The number of aromatic nitrogens is 2. The van der Waals surface area contributed by atoms with Crippen LogP contribution < -0.4 is 0 Å². The molecule has 0 radical (unpaired) electrons. The zero-order valence-corrected chi connectivity index (χ0v) is 8.69. The molecule has 80 valence electrons. The quantitative estimate of drug-likeness (QED) is 0.541. The molecule has 1 aromatic rings. The number of esters is 1. The fourth-order valence-electron chi connectivity index (χ4n) is 1.64. The van der Waals surface area contributed by atoms with Crippen LogP contribution in [0.5, 0.6) is 0 Å². The monoisotopic (exact) mass is 208 g/mol. The van der Waals surface area contributed by atoms with Crippen LogP contribution in [-0.4, -0.2) is 29.1 Å². The van der Waals surface area contributed by atoms with Crippen LogP contribution in [0, 0.1) is 6.92 Å². The predicted octanol–water partition coefficient (Wildman–Crippen LogP) is 0.666. The average molecular weight is 208 g/mol. The predicted molar refractivity (Wildman–Crippen MR) is 51.6 cm³/mol. The maximum absolute atomic E-state index is 11.5. The van der Waals surface area contributed by atoms with E-state index in [-0.39, 0.29) is 5.97 Å². The molecule has 1 heterocycles. The van der Waals surface area contributed by atoms with Crippen molar-refractivity contribution in [1.82, 2.24) is 9.78 Å². The molecule has 5 nitrogen and oxygen atoms in total. The molecule has 15 heavy (non-hydrogen) atoms. The second kappa shape index (κ2) is 3.18. The van der Waals surface area contributed by atoms with Crippen molar-refractivity contribution in [2.75, 3.05) is 7.11 Å². The van der Waals surface area contributed by atoms with Gasteiger partial charge in [0, 0.05) is 6.20 Å². The number of carbonyl (C=O) groups is 2. The molecular weight excluding hydrogens is 196 g/mol. The van der Waals surface area contributed by atoms with Crippen LogP contribution >= 0.6 is 0 Å². The van der Waals surface area contributed by atoms with Crippen molar-refractivity contribution in [2.45, 2.75) is 25.3 Å². The molecule has 1 saturated carbocycles. The smallest absolute Gasteiger partial charge is 0.333 e. The standard InChI is InChI=1S/C10H12N2O3/c1-7-8(6-13)5-12(11-7)10(3-4-10)9(14)15-2/h5-6H,3-4H2,1-2H3. The summed E-state index contributed by atoms with van der Waals surface area (Å²) in [4.78, 5) is 22.2. The lowest BCUT2D eigenvalue weighted by atomic mass is 10.2. The van der Waals surface area contributed by atoms with Crippen molar-refractivity contribution >= 4 is 12.3 Å². The van der Waals surface area contributed by atoms with Crippen molar-refractivity contribution in [1.29, 1.82) is 0 Å². The van der Waals surface area contributed by atoms with Crippen LogP contribution in [0.25, 0.3) is 0 Å². The summed E-state index contributed by atoms with van der Waals surface area (Å²) in [5.41, 5.74) is 0.506. The van der Waals surface area contributed by atoms with Gasteiger partial charge < -0.3 is 4.74 Å². The topological polar surface area (TPSA) is 61.2 Å². The van der Waals surface area contributed by atoms with Crippen LogP contribution in [0.15, 0.2) is 6.20 Å². The molecule has 1 fully saturated rings. The first-order valence-electron chi connectivity index (χ1n) is 4.74. The van der Waals surface area contributed by atoms with E-state index in [1.165, 1.54) is 7.11 Å². The van der Waals surface area contributed by atoms with Gasteiger partial charge in [-0.2, -0.15) is 5.10 Å². The van der Waals surface area contributed by atoms with Gasteiger partial charge in [-0.15, -0.1) is 0 Å². The van der Waals surface area contributed by atoms with Gasteiger partial charge in [-0.3, -0.25) is 9.48 Å². The Labute approximate surface area is 87.0 Å². The largest absolute Gasteiger partial charge is 0.467 e. The summed E-state index contributed by atoms with van der Waals surface area (Å²) < 4.78 is 6.28. The number of methoxy groups -OCH3 is 1. The van der Waals surface area contributed by atoms with Gasteiger partial charge in [-0.25, -0.2) is 4.79 Å². The van der Waals surface area contributed by atoms with E-state index in [1.807, 2.05) is 0 Å². The van der Waals surface area contributed by atoms with E-state index in [1.54, 1.807) is 17.8 Å². The van der Waals surface area contributed by atoms with E-state index in [2.05, 4.69) is 5.10 Å². The summed E-state index contributed by atoms with van der Waals surface area (Å²) in [6.45, 7) is 1.74. The van der Waals surface area contributed by atoms with E-state index in [9.17, 15) is 9.59 Å². The maximum Gasteiger partial charge on any atom is 0.333 e. The molecule has 0 N–H and O–H groups in total. The molecule has 1 aliphatic carbocycles. The molecule has 0 spiro atoms. The highest BCUT2D eigenvalue weighted by atomic mass is 16.5. The normalized spacial score (nSPS) is 17.2. The number of aldehydes is 1. The highest BCUT2D eigenvalue weighted by molar-refractivity contribution is 5.82. The van der Waals surface area contributed by atoms with E-state index in [4.69, 9.17) is 4.74 Å². The summed E-state index contributed by atoms with van der Waals surface area (Å²) in [5, 5.41) is 4.17. The summed E-state index contributed by atoms with van der Waals surface area (Å²) in [5.74, 6) is -0.289. The molecule has 5 heteroatoms. The molecule has 1 aliphatic rings. The van der Waals surface area contributed by atoms with Crippen molar-refractivity contribution in [3.63, 3.8) is 0 Å². The molecule has 0 aliphatic heterocycles. The second-order valence-corrected chi connectivity index (χ2v) is 3.76. The minimum absolute atomic E-state index is 0.289. The molecule has 1 aromatic heterocycles. The number of hydrogen-bond acceptors (Lipinski definition) is 4. The summed E-state index contributed by atoms with van der Waals surface area (Å²) in [6, 6.07) is 0. The van der Waals surface area contributed by atoms with Gasteiger partial charge in [-0.05, 0) is 19.8 Å². The lowest BCUT2D eigenvalue weighted by Gasteiger charge is -2.12. The summed E-state index contributed by atoms with van der Waals surface area (Å²) in [6.07, 6.45) is 3.79. The van der Waals surface area contributed by atoms with E-state index < -0.39 is 5.54 Å². The Balaban J connectivity index is 2.37. The molecule has 0 aromatic carbocycles. The Hall–Kier alpha value is -1.65. The first-order chi connectivity index (χ1) is 7.14. The van der Waals surface area contributed by atoms with Crippen LogP contribution in [0.2, 0.25) is 0 Å². The lowest BCUT2D eigenvalue weighted by Crippen LogP contribution is -2.29. The minimum Gasteiger partial charge on any atom is -0.467 e. The number of nitrogens with zero attached hydrogens (tertiary/aromatic N) is 2. The number of ether oxygens (including phenoxy) is 1. The number of hydrogen-bond donors (Lipinski definition) is 0. The molecule has 0 unspecified atom stereocenters. The molecule has 0 amide bonds. The highest BCUT2D eigenvalue weighted by Gasteiger charge is 2.54. The Morgan fingerprint density at radius 1 is 1.67 bits per heavy atom. The summed E-state index contributed by atoms with van der Waals surface area (Å²) >= 11 is 0. The summed E-state index contributed by atoms with van der Waals surface area (Å²) in [7, 11) is 1.36. The highest BCUT2D eigenvalue weighted by Crippen LogP contribution is 2.44. The fraction of sp³-hybridized carbons (Fsp3) is 0.500. The fourth-order valence-corrected chi connectivity index (χ4v) is 1.64. The average Bonchev–Trinajstić information content (AvgIpc) is 2.97. The molecule has 2 rings (SSSR count). The SMILES string of the molecule is COC(=O)C1(n2cc(C=O)c(C)n2)CC1. The number of carbonyl (C=O) groups excluding carboxylic acids is 2. The van der Waals surface area contributed by atoms with Crippen LogP contribution in [0.3, 0.4) is 0 Å². The van der Waals surface area contributed by atoms with Crippen LogP contribution in [-0.2, 0) is 15.1 Å². The Morgan fingerprint density at radius 2 is 2.33 bits per heavy atom. The minimum atomic E-state index is -0.652. The van der Waals surface area contributed by atoms with E-state index in [0.717, 1.165) is 19.1 Å². The first kappa shape index (κ1) is 9.89. The van der Waals surface area contributed by atoms with Crippen LogP contribution in [0.4, 0.5) is 0 Å². The van der Waals surface area contributed by atoms with Crippen molar-refractivity contribution < 1.29 is 14.3 Å². The zero-order chi connectivity index (χ0) is 11.1. The van der Waals surface area contributed by atoms with Gasteiger partial charge in [0.2, 0.25) is 0 Å².